The van der Waals surface area contributed by atoms with E-state index in [1.54, 1.807) is 0 Å². The zero-order chi connectivity index (χ0) is 13.1. The van der Waals surface area contributed by atoms with E-state index in [9.17, 15) is 0 Å². The normalized spacial score (nSPS) is 50.1. The lowest BCUT2D eigenvalue weighted by atomic mass is 9.67. The number of aliphatic imine (C=N–C) groups is 1. The van der Waals surface area contributed by atoms with E-state index in [1.165, 1.54) is 25.7 Å². The maximum absolute atomic E-state index is 4.85. The summed E-state index contributed by atoms with van der Waals surface area (Å²) in [5, 5.41) is 2.64. The van der Waals surface area contributed by atoms with Crippen molar-refractivity contribution in [3.05, 3.63) is 0 Å². The van der Waals surface area contributed by atoms with Gasteiger partial charge in [0.05, 0.1) is 10.7 Å². The van der Waals surface area contributed by atoms with Crippen molar-refractivity contribution in [2.24, 2.45) is 40.0 Å². The molecule has 3 fully saturated rings. The Kier molecular flexibility index (Phi) is 2.78. The molecule has 0 aromatic heterocycles. The summed E-state index contributed by atoms with van der Waals surface area (Å²) in [6.45, 7) is 9.49. The first-order chi connectivity index (χ1) is 8.45. The van der Waals surface area contributed by atoms with Crippen molar-refractivity contribution in [1.82, 2.24) is 0 Å². The molecule has 3 saturated carbocycles. The average Bonchev–Trinajstić information content (AvgIpc) is 2.86. The summed E-state index contributed by atoms with van der Waals surface area (Å²) < 4.78 is 0. The zero-order valence-electron chi connectivity index (χ0n) is 12.1. The molecule has 0 radical (unpaired) electrons. The monoisotopic (exact) mass is 263 g/mol. The number of fused-ring (bicyclic) bond motifs is 1. The molecular weight excluding hydrogens is 238 g/mol. The van der Waals surface area contributed by atoms with Crippen LogP contribution >= 0.6 is 12.2 Å². The van der Waals surface area contributed by atoms with Gasteiger partial charge in [0, 0.05) is 0 Å². The van der Waals surface area contributed by atoms with E-state index in [-0.39, 0.29) is 5.54 Å². The quantitative estimate of drug-likeness (QED) is 0.525. The molecule has 1 spiro atoms. The molecule has 2 heteroatoms. The van der Waals surface area contributed by atoms with E-state index in [0.717, 1.165) is 29.6 Å². The molecule has 3 aliphatic rings. The van der Waals surface area contributed by atoms with Crippen molar-refractivity contribution in [1.29, 1.82) is 0 Å². The molecule has 0 aliphatic heterocycles. The van der Waals surface area contributed by atoms with Crippen LogP contribution in [-0.4, -0.2) is 10.7 Å². The van der Waals surface area contributed by atoms with E-state index >= 15 is 0 Å². The fourth-order valence-electron chi connectivity index (χ4n) is 5.79. The van der Waals surface area contributed by atoms with Crippen molar-refractivity contribution in [3.8, 4) is 0 Å². The van der Waals surface area contributed by atoms with Gasteiger partial charge in [0.15, 0.2) is 0 Å². The second kappa shape index (κ2) is 3.90. The Morgan fingerprint density at radius 2 is 1.89 bits per heavy atom. The van der Waals surface area contributed by atoms with Gasteiger partial charge in [-0.3, -0.25) is 0 Å². The van der Waals surface area contributed by atoms with E-state index in [2.05, 4.69) is 37.8 Å². The Bertz CT molecular complexity index is 409. The first-order valence-corrected chi connectivity index (χ1v) is 7.95. The van der Waals surface area contributed by atoms with Gasteiger partial charge in [0.1, 0.15) is 0 Å². The van der Waals surface area contributed by atoms with Crippen molar-refractivity contribution in [2.45, 2.75) is 58.9 Å². The molecule has 100 valence electrons. The molecular formula is C16H25NS. The Morgan fingerprint density at radius 1 is 1.17 bits per heavy atom. The lowest BCUT2D eigenvalue weighted by molar-refractivity contribution is 0.125. The minimum absolute atomic E-state index is 0.00359. The highest BCUT2D eigenvalue weighted by Crippen LogP contribution is 2.79. The second-order valence-electron chi connectivity index (χ2n) is 7.62. The Labute approximate surface area is 116 Å². The average molecular weight is 263 g/mol. The third kappa shape index (κ3) is 1.45. The minimum atomic E-state index is 0.00359. The van der Waals surface area contributed by atoms with Gasteiger partial charge in [-0.1, -0.05) is 13.8 Å². The van der Waals surface area contributed by atoms with E-state index in [0.29, 0.717) is 5.41 Å². The molecule has 3 rings (SSSR count). The summed E-state index contributed by atoms with van der Waals surface area (Å²) in [4.78, 5) is 4.50. The predicted octanol–water partition coefficient (Wildman–Crippen LogP) is 4.58. The van der Waals surface area contributed by atoms with Crippen molar-refractivity contribution in [2.75, 3.05) is 0 Å². The van der Waals surface area contributed by atoms with Crippen LogP contribution in [0.4, 0.5) is 0 Å². The highest BCUT2D eigenvalue weighted by Gasteiger charge is 2.75. The van der Waals surface area contributed by atoms with Crippen molar-refractivity contribution < 1.29 is 0 Å². The summed E-state index contributed by atoms with van der Waals surface area (Å²) in [5.74, 6) is 4.51. The van der Waals surface area contributed by atoms with E-state index in [4.69, 9.17) is 12.2 Å². The fraction of sp³-hybridized carbons (Fsp3) is 0.938. The largest absolute Gasteiger partial charge is 0.226 e. The maximum atomic E-state index is 4.85. The number of nitrogens with zero attached hydrogens (tertiary/aromatic N) is 1. The first kappa shape index (κ1) is 12.8. The first-order valence-electron chi connectivity index (χ1n) is 7.54. The van der Waals surface area contributed by atoms with Crippen molar-refractivity contribution >= 4 is 17.4 Å². The third-order valence-electron chi connectivity index (χ3n) is 6.67. The molecule has 0 N–H and O–H groups in total. The molecule has 0 amide bonds. The summed E-state index contributed by atoms with van der Waals surface area (Å²) in [6, 6.07) is 0. The fourth-order valence-corrected chi connectivity index (χ4v) is 6.03. The lowest BCUT2D eigenvalue weighted by Crippen LogP contribution is -2.37. The summed E-state index contributed by atoms with van der Waals surface area (Å²) in [5.41, 5.74) is 0.695. The van der Waals surface area contributed by atoms with Gasteiger partial charge >= 0.3 is 0 Å². The van der Waals surface area contributed by atoms with Crippen LogP contribution in [0.25, 0.3) is 0 Å². The van der Waals surface area contributed by atoms with Crippen LogP contribution in [-0.2, 0) is 0 Å². The SMILES string of the molecule is C[C@@H]1CC[C@@]23[C@@H]1[C@@H]2[C@H](C(C)(C)N=C=S)CC[C@H]3C. The Morgan fingerprint density at radius 3 is 2.56 bits per heavy atom. The number of hydrogen-bond acceptors (Lipinski definition) is 2. The molecule has 0 saturated heterocycles. The molecule has 0 bridgehead atoms. The summed E-state index contributed by atoms with van der Waals surface area (Å²) in [6.07, 6.45) is 5.65. The molecule has 0 unspecified atom stereocenters. The molecule has 1 nitrogen and oxygen atoms in total. The minimum Gasteiger partial charge on any atom is -0.226 e. The zero-order valence-corrected chi connectivity index (χ0v) is 12.9. The van der Waals surface area contributed by atoms with Gasteiger partial charge in [-0.25, -0.2) is 4.99 Å². The summed E-state index contributed by atoms with van der Waals surface area (Å²) >= 11 is 4.85. The van der Waals surface area contributed by atoms with Gasteiger partial charge in [-0.05, 0) is 86.8 Å². The van der Waals surface area contributed by atoms with E-state index < -0.39 is 0 Å². The molecule has 18 heavy (non-hydrogen) atoms. The van der Waals surface area contributed by atoms with Gasteiger partial charge in [0.2, 0.25) is 0 Å². The Balaban J connectivity index is 1.91. The van der Waals surface area contributed by atoms with Crippen LogP contribution in [0, 0.1) is 35.0 Å². The van der Waals surface area contributed by atoms with Crippen molar-refractivity contribution in [3.63, 3.8) is 0 Å². The van der Waals surface area contributed by atoms with Gasteiger partial charge in [0.25, 0.3) is 0 Å². The third-order valence-corrected chi connectivity index (χ3v) is 6.76. The molecule has 6 atom stereocenters. The number of isothiocyanates is 1. The van der Waals surface area contributed by atoms with Crippen LogP contribution in [0.15, 0.2) is 4.99 Å². The van der Waals surface area contributed by atoms with Gasteiger partial charge in [-0.2, -0.15) is 0 Å². The van der Waals surface area contributed by atoms with Gasteiger partial charge in [-0.15, -0.1) is 0 Å². The molecule has 0 aromatic rings. The number of rotatable bonds is 2. The van der Waals surface area contributed by atoms with Crippen LogP contribution in [0.1, 0.15) is 53.4 Å². The predicted molar refractivity (Wildman–Crippen MR) is 78.8 cm³/mol. The van der Waals surface area contributed by atoms with Crippen LogP contribution < -0.4 is 0 Å². The smallest absolute Gasteiger partial charge is 0.0685 e. The van der Waals surface area contributed by atoms with Crippen LogP contribution in [0.2, 0.25) is 0 Å². The van der Waals surface area contributed by atoms with Gasteiger partial charge < -0.3 is 0 Å². The topological polar surface area (TPSA) is 12.4 Å². The standard InChI is InChI=1S/C16H25NS/c1-10-7-8-16-11(2)5-6-12(14(16)13(10)16)15(3,4)17-9-18/h10-14H,5-8H2,1-4H3/t10-,11-,12-,13+,14+,16-/m1/s1. The number of thiocarbonyl (C=S) groups is 1. The molecule has 3 aliphatic carbocycles. The highest BCUT2D eigenvalue weighted by atomic mass is 32.1. The number of hydrogen-bond donors (Lipinski definition) is 0. The van der Waals surface area contributed by atoms with Crippen LogP contribution in [0.3, 0.4) is 0 Å². The molecule has 0 heterocycles. The molecule has 0 aromatic carbocycles. The highest BCUT2D eigenvalue weighted by molar-refractivity contribution is 7.78. The van der Waals surface area contributed by atoms with E-state index in [1.807, 2.05) is 0 Å². The van der Waals surface area contributed by atoms with Crippen LogP contribution in [0.5, 0.6) is 0 Å². The lowest BCUT2D eigenvalue weighted by Gasteiger charge is -2.39. The Hall–Kier alpha value is -0.200. The second-order valence-corrected chi connectivity index (χ2v) is 7.80. The maximum Gasteiger partial charge on any atom is 0.0685 e. The summed E-state index contributed by atoms with van der Waals surface area (Å²) in [7, 11) is 0.